The van der Waals surface area contributed by atoms with Gasteiger partial charge >= 0.3 is 0 Å². The molecule has 2 unspecified atom stereocenters. The summed E-state index contributed by atoms with van der Waals surface area (Å²) >= 11 is 0. The van der Waals surface area contributed by atoms with Crippen molar-refractivity contribution >= 4 is 0 Å². The highest BCUT2D eigenvalue weighted by atomic mass is 15.2. The minimum atomic E-state index is 0.139. The molecule has 0 radical (unpaired) electrons. The Kier molecular flexibility index (Phi) is 7.33. The predicted octanol–water partition coefficient (Wildman–Crippen LogP) is 3.29. The van der Waals surface area contributed by atoms with Crippen molar-refractivity contribution in [2.75, 3.05) is 20.6 Å². The van der Waals surface area contributed by atoms with Gasteiger partial charge in [0.2, 0.25) is 0 Å². The summed E-state index contributed by atoms with van der Waals surface area (Å²) in [6, 6.07) is 4.81. The molecule has 21 heavy (non-hydrogen) atoms. The summed E-state index contributed by atoms with van der Waals surface area (Å²) in [6.07, 6.45) is 6.33. The van der Waals surface area contributed by atoms with E-state index in [1.165, 1.54) is 11.3 Å². The molecule has 3 nitrogen and oxygen atoms in total. The van der Waals surface area contributed by atoms with Crippen molar-refractivity contribution in [2.45, 2.75) is 65.0 Å². The molecule has 1 N–H and O–H groups in total. The molecule has 1 aromatic rings. The molecule has 0 aliphatic heterocycles. The minimum Gasteiger partial charge on any atom is -0.312 e. The molecule has 2 atom stereocenters. The van der Waals surface area contributed by atoms with Crippen LogP contribution in [-0.2, 0) is 12.8 Å². The zero-order chi connectivity index (χ0) is 15.9. The molecule has 1 rings (SSSR count). The molecular weight excluding hydrogens is 258 g/mol. The second kappa shape index (κ2) is 8.50. The van der Waals surface area contributed by atoms with Crippen molar-refractivity contribution in [1.82, 2.24) is 15.2 Å². The number of nitrogens with zero attached hydrogens (tertiary/aromatic N) is 2. The first-order valence-electron chi connectivity index (χ1n) is 8.32. The van der Waals surface area contributed by atoms with Crippen molar-refractivity contribution in [1.29, 1.82) is 0 Å². The van der Waals surface area contributed by atoms with Crippen LogP contribution in [-0.4, -0.2) is 42.1 Å². The number of aromatic nitrogens is 1. The molecule has 0 aromatic carbocycles. The largest absolute Gasteiger partial charge is 0.312 e. The van der Waals surface area contributed by atoms with E-state index in [4.69, 9.17) is 0 Å². The monoisotopic (exact) mass is 291 g/mol. The van der Waals surface area contributed by atoms with E-state index in [1.54, 1.807) is 0 Å². The average Bonchev–Trinajstić information content (AvgIpc) is 2.50. The van der Waals surface area contributed by atoms with Gasteiger partial charge in [-0.1, -0.05) is 26.8 Å². The Morgan fingerprint density at radius 1 is 1.24 bits per heavy atom. The minimum absolute atomic E-state index is 0.139. The molecule has 0 bridgehead atoms. The Labute approximate surface area is 131 Å². The van der Waals surface area contributed by atoms with E-state index in [0.717, 1.165) is 32.2 Å². The van der Waals surface area contributed by atoms with Gasteiger partial charge in [-0.15, -0.1) is 0 Å². The van der Waals surface area contributed by atoms with Crippen LogP contribution in [0.25, 0.3) is 0 Å². The molecule has 0 spiro atoms. The van der Waals surface area contributed by atoms with Crippen LogP contribution in [0.2, 0.25) is 0 Å². The van der Waals surface area contributed by atoms with Crippen LogP contribution in [0.5, 0.6) is 0 Å². The first kappa shape index (κ1) is 18.1. The molecule has 0 aliphatic carbocycles. The van der Waals surface area contributed by atoms with Gasteiger partial charge in [0.15, 0.2) is 0 Å². The molecule has 3 heteroatoms. The molecule has 0 aliphatic rings. The highest BCUT2D eigenvalue weighted by Gasteiger charge is 2.34. The summed E-state index contributed by atoms with van der Waals surface area (Å²) in [4.78, 5) is 6.99. The van der Waals surface area contributed by atoms with Crippen molar-refractivity contribution < 1.29 is 0 Å². The predicted molar refractivity (Wildman–Crippen MR) is 91.8 cm³/mol. The van der Waals surface area contributed by atoms with Crippen LogP contribution in [0.1, 0.15) is 51.8 Å². The summed E-state index contributed by atoms with van der Waals surface area (Å²) < 4.78 is 0. The third-order valence-corrected chi connectivity index (χ3v) is 4.84. The zero-order valence-electron chi connectivity index (χ0n) is 14.7. The summed E-state index contributed by atoms with van der Waals surface area (Å²) in [5.41, 5.74) is 2.63. The number of pyridine rings is 1. The summed E-state index contributed by atoms with van der Waals surface area (Å²) in [5.74, 6) is 0. The number of hydrogen-bond acceptors (Lipinski definition) is 3. The number of hydrogen-bond donors (Lipinski definition) is 1. The van der Waals surface area contributed by atoms with Crippen LogP contribution in [0.15, 0.2) is 18.3 Å². The Morgan fingerprint density at radius 2 is 1.95 bits per heavy atom. The molecule has 0 saturated carbocycles. The van der Waals surface area contributed by atoms with E-state index >= 15 is 0 Å². The molecule has 0 saturated heterocycles. The molecular formula is C18H33N3. The number of nitrogens with one attached hydrogen (secondary N) is 1. The van der Waals surface area contributed by atoms with E-state index in [9.17, 15) is 0 Å². The maximum Gasteiger partial charge on any atom is 0.0420 e. The van der Waals surface area contributed by atoms with Gasteiger partial charge in [-0.05, 0) is 58.5 Å². The topological polar surface area (TPSA) is 28.2 Å². The van der Waals surface area contributed by atoms with E-state index < -0.39 is 0 Å². The molecule has 120 valence electrons. The molecule has 0 fully saturated rings. The Hall–Kier alpha value is -0.930. The zero-order valence-corrected chi connectivity index (χ0v) is 14.7. The van der Waals surface area contributed by atoms with Crippen molar-refractivity contribution in [3.05, 3.63) is 29.6 Å². The average molecular weight is 291 g/mol. The van der Waals surface area contributed by atoms with E-state index in [0.29, 0.717) is 6.04 Å². The smallest absolute Gasteiger partial charge is 0.0420 e. The van der Waals surface area contributed by atoms with Crippen molar-refractivity contribution in [2.24, 2.45) is 0 Å². The lowest BCUT2D eigenvalue weighted by Gasteiger charge is -2.43. The fourth-order valence-electron chi connectivity index (χ4n) is 2.70. The van der Waals surface area contributed by atoms with Gasteiger partial charge in [-0.25, -0.2) is 0 Å². The maximum absolute atomic E-state index is 4.65. The SMILES string of the molecule is CCCNC(Cc1ccc(CC)cn1)C(C)(CC)N(C)C. The number of likely N-dealkylation sites (N-methyl/N-ethyl adjacent to an activating group) is 1. The summed E-state index contributed by atoms with van der Waals surface area (Å²) in [5, 5.41) is 3.74. The molecule has 1 heterocycles. The first-order valence-corrected chi connectivity index (χ1v) is 8.32. The van der Waals surface area contributed by atoms with Gasteiger partial charge in [0, 0.05) is 29.9 Å². The van der Waals surface area contributed by atoms with E-state index in [2.05, 4.69) is 69.1 Å². The highest BCUT2D eigenvalue weighted by Crippen LogP contribution is 2.23. The third kappa shape index (κ3) is 4.79. The number of aryl methyl sites for hydroxylation is 1. The van der Waals surface area contributed by atoms with Crippen LogP contribution in [0, 0.1) is 0 Å². The fraction of sp³-hybridized carbons (Fsp3) is 0.722. The van der Waals surface area contributed by atoms with E-state index in [-0.39, 0.29) is 5.54 Å². The third-order valence-electron chi connectivity index (χ3n) is 4.84. The lowest BCUT2D eigenvalue weighted by atomic mass is 9.85. The number of rotatable bonds is 9. The maximum atomic E-state index is 4.65. The molecule has 1 aromatic heterocycles. The van der Waals surface area contributed by atoms with Gasteiger partial charge in [0.05, 0.1) is 0 Å². The van der Waals surface area contributed by atoms with Crippen LogP contribution < -0.4 is 5.32 Å². The van der Waals surface area contributed by atoms with E-state index in [1.807, 2.05) is 6.20 Å². The summed E-state index contributed by atoms with van der Waals surface area (Å²) in [6.45, 7) is 10.1. The van der Waals surface area contributed by atoms with Gasteiger partial charge in [-0.3, -0.25) is 4.98 Å². The molecule has 0 amide bonds. The van der Waals surface area contributed by atoms with Crippen molar-refractivity contribution in [3.63, 3.8) is 0 Å². The van der Waals surface area contributed by atoms with Crippen LogP contribution >= 0.6 is 0 Å². The van der Waals surface area contributed by atoms with Gasteiger partial charge in [-0.2, -0.15) is 0 Å². The normalized spacial score (nSPS) is 16.0. The highest BCUT2D eigenvalue weighted by molar-refractivity contribution is 5.16. The summed E-state index contributed by atoms with van der Waals surface area (Å²) in [7, 11) is 4.36. The van der Waals surface area contributed by atoms with Crippen molar-refractivity contribution in [3.8, 4) is 0 Å². The lowest BCUT2D eigenvalue weighted by molar-refractivity contribution is 0.112. The van der Waals surface area contributed by atoms with Gasteiger partial charge in [0.25, 0.3) is 0 Å². The Morgan fingerprint density at radius 3 is 2.38 bits per heavy atom. The second-order valence-electron chi connectivity index (χ2n) is 6.33. The fourth-order valence-corrected chi connectivity index (χ4v) is 2.70. The van der Waals surface area contributed by atoms with Gasteiger partial charge < -0.3 is 10.2 Å². The van der Waals surface area contributed by atoms with Crippen LogP contribution in [0.4, 0.5) is 0 Å². The first-order chi connectivity index (χ1) is 9.97. The quantitative estimate of drug-likeness (QED) is 0.757. The Balaban J connectivity index is 2.90. The standard InChI is InChI=1S/C18H33N3/c1-7-12-19-17(18(4,9-3)21(5)6)13-16-11-10-15(8-2)14-20-16/h10-11,14,17,19H,7-9,12-13H2,1-6H3. The Bertz CT molecular complexity index is 399. The van der Waals surface area contributed by atoms with Gasteiger partial charge in [0.1, 0.15) is 0 Å². The second-order valence-corrected chi connectivity index (χ2v) is 6.33. The lowest BCUT2D eigenvalue weighted by Crippen LogP contribution is -2.58. The van der Waals surface area contributed by atoms with Crippen LogP contribution in [0.3, 0.4) is 0 Å².